The molecule has 1 heterocycles. The Hall–Kier alpha value is -1.63. The van der Waals surface area contributed by atoms with Gasteiger partial charge in [0.15, 0.2) is 6.61 Å². The molecule has 0 radical (unpaired) electrons. The number of nitrogens with one attached hydrogen (secondary N) is 1. The fraction of sp³-hybridized carbons (Fsp3) is 0.632. The van der Waals surface area contributed by atoms with Gasteiger partial charge in [-0.3, -0.25) is 4.79 Å². The Morgan fingerprint density at radius 2 is 2.08 bits per heavy atom. The number of amides is 1. The number of aliphatic hydroxyl groups excluding tert-OH is 1. The largest absolute Gasteiger partial charge is 0.484 e. The minimum Gasteiger partial charge on any atom is -0.484 e. The smallest absolute Gasteiger partial charge is 0.257 e. The molecule has 1 aliphatic heterocycles. The number of hydrogen-bond donors (Lipinski definition) is 2. The summed E-state index contributed by atoms with van der Waals surface area (Å²) in [6, 6.07) is 6.07. The lowest BCUT2D eigenvalue weighted by atomic mass is 9.92. The molecule has 0 saturated carbocycles. The first-order chi connectivity index (χ1) is 12.2. The molecule has 1 saturated heterocycles. The molecule has 6 heteroatoms. The Morgan fingerprint density at radius 3 is 2.88 bits per heavy atom. The van der Waals surface area contributed by atoms with E-state index in [1.54, 1.807) is 7.11 Å². The maximum Gasteiger partial charge on any atom is 0.257 e. The summed E-state index contributed by atoms with van der Waals surface area (Å²) in [6.07, 6.45) is 3.69. The van der Waals surface area contributed by atoms with Crippen molar-refractivity contribution in [3.8, 4) is 5.75 Å². The Morgan fingerprint density at radius 1 is 1.28 bits per heavy atom. The van der Waals surface area contributed by atoms with E-state index in [0.717, 1.165) is 18.6 Å². The molecule has 0 unspecified atom stereocenters. The number of hydrogen-bond acceptors (Lipinski definition) is 5. The van der Waals surface area contributed by atoms with E-state index in [2.05, 4.69) is 11.4 Å². The highest BCUT2D eigenvalue weighted by Crippen LogP contribution is 2.25. The molecule has 25 heavy (non-hydrogen) atoms. The van der Waals surface area contributed by atoms with Gasteiger partial charge in [-0.2, -0.15) is 0 Å². The van der Waals surface area contributed by atoms with Crippen molar-refractivity contribution in [2.24, 2.45) is 5.92 Å². The second-order valence-electron chi connectivity index (χ2n) is 6.79. The zero-order valence-electron chi connectivity index (χ0n) is 14.7. The maximum absolute atomic E-state index is 12.0. The quantitative estimate of drug-likeness (QED) is 0.804. The van der Waals surface area contributed by atoms with E-state index in [1.807, 2.05) is 12.1 Å². The Balaban J connectivity index is 1.44. The van der Waals surface area contributed by atoms with Gasteiger partial charge in [-0.25, -0.2) is 0 Å². The molecular weight excluding hydrogens is 322 g/mol. The molecule has 3 rings (SSSR count). The van der Waals surface area contributed by atoms with Gasteiger partial charge < -0.3 is 24.6 Å². The van der Waals surface area contributed by atoms with Crippen LogP contribution in [0, 0.1) is 5.92 Å². The molecule has 1 aliphatic carbocycles. The standard InChI is InChI=1S/C19H27NO5/c1-23-17-11-24-10-15(19(17)22)9-20-18(21)12-25-16-7-6-13-4-2-3-5-14(13)8-16/h6-8,15,17,19,22H,2-5,9-12H2,1H3,(H,20,21)/t15-,17-,19+/m1/s1. The third kappa shape index (κ3) is 4.71. The van der Waals surface area contributed by atoms with Gasteiger partial charge in [-0.05, 0) is 48.9 Å². The predicted molar refractivity (Wildman–Crippen MR) is 92.7 cm³/mol. The molecule has 0 aromatic heterocycles. The number of fused-ring (bicyclic) bond motifs is 1. The third-order valence-electron chi connectivity index (χ3n) is 5.03. The number of aryl methyl sites for hydroxylation is 2. The molecule has 6 nitrogen and oxygen atoms in total. The molecule has 1 fully saturated rings. The molecule has 2 aliphatic rings. The summed E-state index contributed by atoms with van der Waals surface area (Å²) in [5.41, 5.74) is 2.72. The second kappa shape index (κ2) is 8.65. The molecule has 2 N–H and O–H groups in total. The van der Waals surface area contributed by atoms with Crippen LogP contribution >= 0.6 is 0 Å². The monoisotopic (exact) mass is 349 g/mol. The average Bonchev–Trinajstić information content (AvgIpc) is 2.65. The molecule has 0 bridgehead atoms. The molecule has 1 aromatic rings. The number of ether oxygens (including phenoxy) is 3. The van der Waals surface area contributed by atoms with Crippen LogP contribution < -0.4 is 10.1 Å². The van der Waals surface area contributed by atoms with Crippen molar-refractivity contribution in [2.45, 2.75) is 37.9 Å². The van der Waals surface area contributed by atoms with E-state index < -0.39 is 6.10 Å². The van der Waals surface area contributed by atoms with Crippen molar-refractivity contribution in [3.63, 3.8) is 0 Å². The Kier molecular flexibility index (Phi) is 6.29. The summed E-state index contributed by atoms with van der Waals surface area (Å²) in [5, 5.41) is 13.0. The fourth-order valence-corrected chi connectivity index (χ4v) is 3.47. The van der Waals surface area contributed by atoms with E-state index >= 15 is 0 Å². The normalized spacial score (nSPS) is 25.9. The van der Waals surface area contributed by atoms with Gasteiger partial charge in [0.1, 0.15) is 11.9 Å². The maximum atomic E-state index is 12.0. The summed E-state index contributed by atoms with van der Waals surface area (Å²) in [6.45, 7) is 1.10. The van der Waals surface area contributed by atoms with Crippen molar-refractivity contribution in [2.75, 3.05) is 33.5 Å². The molecular formula is C19H27NO5. The zero-order chi connectivity index (χ0) is 17.6. The summed E-state index contributed by atoms with van der Waals surface area (Å²) >= 11 is 0. The van der Waals surface area contributed by atoms with Gasteiger partial charge in [0, 0.05) is 19.6 Å². The van der Waals surface area contributed by atoms with Crippen LogP contribution in [0.15, 0.2) is 18.2 Å². The number of aliphatic hydroxyl groups is 1. The zero-order valence-corrected chi connectivity index (χ0v) is 14.7. The topological polar surface area (TPSA) is 77.0 Å². The van der Waals surface area contributed by atoms with E-state index in [0.29, 0.717) is 19.8 Å². The van der Waals surface area contributed by atoms with Gasteiger partial charge in [0.25, 0.3) is 5.91 Å². The highest BCUT2D eigenvalue weighted by Gasteiger charge is 2.32. The number of rotatable bonds is 6. The van der Waals surface area contributed by atoms with Crippen molar-refractivity contribution in [3.05, 3.63) is 29.3 Å². The fourth-order valence-electron chi connectivity index (χ4n) is 3.47. The van der Waals surface area contributed by atoms with Crippen LogP contribution in [0.2, 0.25) is 0 Å². The first kappa shape index (κ1) is 18.2. The minimum atomic E-state index is -0.638. The second-order valence-corrected chi connectivity index (χ2v) is 6.79. The van der Waals surface area contributed by atoms with Crippen LogP contribution in [0.4, 0.5) is 0 Å². The summed E-state index contributed by atoms with van der Waals surface area (Å²) < 4.78 is 16.2. The number of carbonyl (C=O) groups is 1. The van der Waals surface area contributed by atoms with Gasteiger partial charge >= 0.3 is 0 Å². The predicted octanol–water partition coefficient (Wildman–Crippen LogP) is 1.08. The SMILES string of the molecule is CO[C@@H]1COC[C@@H](CNC(=O)COc2ccc3c(c2)CCCC3)[C@@H]1O. The third-order valence-corrected chi connectivity index (χ3v) is 5.03. The van der Waals surface area contributed by atoms with Crippen LogP contribution in [0.25, 0.3) is 0 Å². The van der Waals surface area contributed by atoms with Gasteiger partial charge in [-0.1, -0.05) is 6.07 Å². The van der Waals surface area contributed by atoms with Gasteiger partial charge in [-0.15, -0.1) is 0 Å². The first-order valence-corrected chi connectivity index (χ1v) is 8.97. The molecule has 3 atom stereocenters. The number of methoxy groups -OCH3 is 1. The van der Waals surface area contributed by atoms with Crippen molar-refractivity contribution in [1.29, 1.82) is 0 Å². The average molecular weight is 349 g/mol. The molecule has 138 valence electrons. The van der Waals surface area contributed by atoms with Crippen LogP contribution in [-0.4, -0.2) is 56.7 Å². The highest BCUT2D eigenvalue weighted by molar-refractivity contribution is 5.77. The number of benzene rings is 1. The minimum absolute atomic E-state index is 0.0316. The molecule has 1 amide bonds. The van der Waals surface area contributed by atoms with E-state index in [4.69, 9.17) is 14.2 Å². The van der Waals surface area contributed by atoms with Crippen LogP contribution in [0.5, 0.6) is 5.75 Å². The first-order valence-electron chi connectivity index (χ1n) is 8.97. The van der Waals surface area contributed by atoms with E-state index in [1.165, 1.54) is 24.0 Å². The van der Waals surface area contributed by atoms with E-state index in [-0.39, 0.29) is 24.5 Å². The molecule has 0 spiro atoms. The Bertz CT molecular complexity index is 591. The van der Waals surface area contributed by atoms with Crippen LogP contribution in [-0.2, 0) is 27.1 Å². The lowest BCUT2D eigenvalue weighted by Crippen LogP contribution is -2.49. The highest BCUT2D eigenvalue weighted by atomic mass is 16.5. The molecule has 1 aromatic carbocycles. The van der Waals surface area contributed by atoms with Crippen molar-refractivity contribution in [1.82, 2.24) is 5.32 Å². The van der Waals surface area contributed by atoms with Crippen molar-refractivity contribution >= 4 is 5.91 Å². The summed E-state index contributed by atoms with van der Waals surface area (Å²) in [4.78, 5) is 12.0. The van der Waals surface area contributed by atoms with Crippen LogP contribution in [0.3, 0.4) is 0 Å². The van der Waals surface area contributed by atoms with Gasteiger partial charge in [0.05, 0.1) is 19.3 Å². The Labute approximate surface area is 148 Å². The summed E-state index contributed by atoms with van der Waals surface area (Å²) in [5.74, 6) is 0.354. The lowest BCUT2D eigenvalue weighted by Gasteiger charge is -2.33. The van der Waals surface area contributed by atoms with E-state index in [9.17, 15) is 9.90 Å². The van der Waals surface area contributed by atoms with Crippen LogP contribution in [0.1, 0.15) is 24.0 Å². The van der Waals surface area contributed by atoms with Crippen molar-refractivity contribution < 1.29 is 24.1 Å². The lowest BCUT2D eigenvalue weighted by molar-refractivity contribution is -0.136. The number of carbonyl (C=O) groups excluding carboxylic acids is 1. The summed E-state index contributed by atoms with van der Waals surface area (Å²) in [7, 11) is 1.55. The van der Waals surface area contributed by atoms with Gasteiger partial charge in [0.2, 0.25) is 0 Å².